The maximum atomic E-state index is 12.1. The van der Waals surface area contributed by atoms with Gasteiger partial charge in [0.25, 0.3) is 0 Å². The smallest absolute Gasteiger partial charge is 0.245 e. The Hall–Kier alpha value is -1.17. The van der Waals surface area contributed by atoms with E-state index in [4.69, 9.17) is 0 Å². The van der Waals surface area contributed by atoms with Gasteiger partial charge in [0, 0.05) is 24.6 Å². The molecule has 0 bridgehead atoms. The summed E-state index contributed by atoms with van der Waals surface area (Å²) in [6, 6.07) is 1.87. The molecule has 0 spiro atoms. The van der Waals surface area contributed by atoms with Crippen LogP contribution in [0.3, 0.4) is 0 Å². The van der Waals surface area contributed by atoms with Crippen molar-refractivity contribution in [3.63, 3.8) is 0 Å². The first-order chi connectivity index (χ1) is 9.12. The van der Waals surface area contributed by atoms with Crippen molar-refractivity contribution in [2.75, 3.05) is 18.0 Å². The van der Waals surface area contributed by atoms with Gasteiger partial charge >= 0.3 is 0 Å². The van der Waals surface area contributed by atoms with E-state index < -0.39 is 5.54 Å². The first kappa shape index (κ1) is 15.2. The van der Waals surface area contributed by atoms with Crippen LogP contribution in [0, 0.1) is 0 Å². The molecule has 1 amide bonds. The lowest BCUT2D eigenvalue weighted by Gasteiger charge is -2.42. The summed E-state index contributed by atoms with van der Waals surface area (Å²) in [5, 5.41) is 2.90. The highest BCUT2D eigenvalue weighted by Gasteiger charge is 2.38. The first-order valence-electron chi connectivity index (χ1n) is 6.73. The summed E-state index contributed by atoms with van der Waals surface area (Å²) in [7, 11) is 0. The number of hydrogen-bond acceptors (Lipinski definition) is 4. The molecule has 20 heavy (non-hydrogen) atoms. The second-order valence-electron chi connectivity index (χ2n) is 6.59. The van der Waals surface area contributed by atoms with Crippen LogP contribution in [0.4, 0.5) is 5.82 Å². The van der Waals surface area contributed by atoms with Crippen molar-refractivity contribution in [3.8, 4) is 0 Å². The van der Waals surface area contributed by atoms with Gasteiger partial charge in [0.2, 0.25) is 5.91 Å². The molecule has 0 aromatic carbocycles. The predicted octanol–water partition coefficient (Wildman–Crippen LogP) is 2.25. The normalized spacial score (nSPS) is 18.9. The molecular formula is C14H21BrN4O. The maximum Gasteiger partial charge on any atom is 0.245 e. The van der Waals surface area contributed by atoms with Gasteiger partial charge in [0.05, 0.1) is 0 Å². The van der Waals surface area contributed by atoms with Gasteiger partial charge in [-0.1, -0.05) is 20.8 Å². The molecule has 0 saturated carbocycles. The highest BCUT2D eigenvalue weighted by atomic mass is 79.9. The number of carbonyl (C=O) groups excluding carboxylic acids is 1. The first-order valence-corrected chi connectivity index (χ1v) is 7.52. The number of aromatic nitrogens is 2. The number of hydrogen-bond donors (Lipinski definition) is 1. The quantitative estimate of drug-likeness (QED) is 0.796. The zero-order chi connectivity index (χ0) is 15.1. The maximum absolute atomic E-state index is 12.1. The van der Waals surface area contributed by atoms with E-state index in [1.807, 2.05) is 24.8 Å². The number of piperazine rings is 1. The Morgan fingerprint density at radius 2 is 2.00 bits per heavy atom. The molecule has 110 valence electrons. The number of halogens is 1. The Morgan fingerprint density at radius 1 is 1.35 bits per heavy atom. The van der Waals surface area contributed by atoms with Crippen LogP contribution in [-0.2, 0) is 10.2 Å². The van der Waals surface area contributed by atoms with E-state index in [0.717, 1.165) is 22.8 Å². The lowest BCUT2D eigenvalue weighted by Crippen LogP contribution is -2.62. The largest absolute Gasteiger partial charge is 0.352 e. The third-order valence-corrected chi connectivity index (χ3v) is 3.89. The van der Waals surface area contributed by atoms with E-state index in [9.17, 15) is 4.79 Å². The van der Waals surface area contributed by atoms with Crippen LogP contribution in [0.2, 0.25) is 0 Å². The van der Waals surface area contributed by atoms with Gasteiger partial charge in [-0.25, -0.2) is 9.97 Å². The van der Waals surface area contributed by atoms with Crippen molar-refractivity contribution in [3.05, 3.63) is 16.5 Å². The Morgan fingerprint density at radius 3 is 2.60 bits per heavy atom. The molecular weight excluding hydrogens is 320 g/mol. The SMILES string of the molecule is CC(C)(C)c1nc(Br)cc(N2CCNC(=O)C2(C)C)n1. The number of nitrogens with zero attached hydrogens (tertiary/aromatic N) is 3. The van der Waals surface area contributed by atoms with Crippen molar-refractivity contribution in [2.24, 2.45) is 0 Å². The number of anilines is 1. The van der Waals surface area contributed by atoms with Gasteiger partial charge in [-0.2, -0.15) is 0 Å². The Kier molecular flexibility index (Phi) is 3.79. The van der Waals surface area contributed by atoms with Gasteiger partial charge in [-0.15, -0.1) is 0 Å². The summed E-state index contributed by atoms with van der Waals surface area (Å²) in [6.45, 7) is 11.4. The second kappa shape index (κ2) is 4.98. The highest BCUT2D eigenvalue weighted by Crippen LogP contribution is 2.29. The molecule has 6 heteroatoms. The van der Waals surface area contributed by atoms with E-state index in [0.29, 0.717) is 6.54 Å². The van der Waals surface area contributed by atoms with Gasteiger partial charge < -0.3 is 10.2 Å². The molecule has 1 aliphatic rings. The minimum absolute atomic E-state index is 0.0239. The molecule has 0 unspecified atom stereocenters. The Balaban J connectivity index is 2.47. The van der Waals surface area contributed by atoms with Crippen LogP contribution in [-0.4, -0.2) is 34.5 Å². The standard InChI is InChI=1S/C14H21BrN4O/c1-13(2,3)11-17-9(15)8-10(18-11)19-7-6-16-12(20)14(19,4)5/h8H,6-7H2,1-5H3,(H,16,20). The van der Waals surface area contributed by atoms with E-state index in [-0.39, 0.29) is 11.3 Å². The topological polar surface area (TPSA) is 58.1 Å². The Labute approximate surface area is 128 Å². The molecule has 0 radical (unpaired) electrons. The van der Waals surface area contributed by atoms with Crippen LogP contribution >= 0.6 is 15.9 Å². The highest BCUT2D eigenvalue weighted by molar-refractivity contribution is 9.10. The predicted molar refractivity (Wildman–Crippen MR) is 82.9 cm³/mol. The van der Waals surface area contributed by atoms with Crippen LogP contribution in [0.25, 0.3) is 0 Å². The van der Waals surface area contributed by atoms with E-state index in [2.05, 4.69) is 52.0 Å². The zero-order valence-corrected chi connectivity index (χ0v) is 14.2. The molecule has 1 fully saturated rings. The van der Waals surface area contributed by atoms with Crippen LogP contribution in [0.5, 0.6) is 0 Å². The average molecular weight is 341 g/mol. The molecule has 1 saturated heterocycles. The molecule has 1 aromatic heterocycles. The molecule has 1 aliphatic heterocycles. The molecule has 2 rings (SSSR count). The van der Waals surface area contributed by atoms with Crippen LogP contribution in [0.15, 0.2) is 10.7 Å². The molecule has 0 aliphatic carbocycles. The fourth-order valence-corrected chi connectivity index (χ4v) is 2.55. The summed E-state index contributed by atoms with van der Waals surface area (Å²) in [5.74, 6) is 1.58. The number of rotatable bonds is 1. The number of carbonyl (C=O) groups is 1. The van der Waals surface area contributed by atoms with Crippen LogP contribution in [0.1, 0.15) is 40.4 Å². The summed E-state index contributed by atoms with van der Waals surface area (Å²) in [5.41, 5.74) is -0.748. The minimum Gasteiger partial charge on any atom is -0.352 e. The molecule has 5 nitrogen and oxygen atoms in total. The van der Waals surface area contributed by atoms with Crippen molar-refractivity contribution in [1.29, 1.82) is 0 Å². The Bertz CT molecular complexity index is 536. The van der Waals surface area contributed by atoms with Gasteiger partial charge in [0.15, 0.2) is 0 Å². The molecule has 1 N–H and O–H groups in total. The van der Waals surface area contributed by atoms with E-state index in [1.54, 1.807) is 0 Å². The van der Waals surface area contributed by atoms with Gasteiger partial charge in [0.1, 0.15) is 21.8 Å². The van der Waals surface area contributed by atoms with Crippen molar-refractivity contribution in [2.45, 2.75) is 45.6 Å². The third-order valence-electron chi connectivity index (χ3n) is 3.48. The van der Waals surface area contributed by atoms with Crippen molar-refractivity contribution < 1.29 is 4.79 Å². The van der Waals surface area contributed by atoms with Crippen LogP contribution < -0.4 is 10.2 Å². The monoisotopic (exact) mass is 340 g/mol. The molecule has 2 heterocycles. The summed E-state index contributed by atoms with van der Waals surface area (Å²) < 4.78 is 0.745. The van der Waals surface area contributed by atoms with E-state index in [1.165, 1.54) is 0 Å². The number of amides is 1. The summed E-state index contributed by atoms with van der Waals surface area (Å²) >= 11 is 3.45. The fourth-order valence-electron chi connectivity index (χ4n) is 2.18. The third kappa shape index (κ3) is 2.80. The van der Waals surface area contributed by atoms with Gasteiger partial charge in [-0.05, 0) is 29.8 Å². The van der Waals surface area contributed by atoms with Crippen molar-refractivity contribution >= 4 is 27.7 Å². The lowest BCUT2D eigenvalue weighted by atomic mass is 9.95. The zero-order valence-electron chi connectivity index (χ0n) is 12.6. The lowest BCUT2D eigenvalue weighted by molar-refractivity contribution is -0.126. The summed E-state index contributed by atoms with van der Waals surface area (Å²) in [4.78, 5) is 23.2. The average Bonchev–Trinajstić information content (AvgIpc) is 2.30. The van der Waals surface area contributed by atoms with Crippen molar-refractivity contribution in [1.82, 2.24) is 15.3 Å². The van der Waals surface area contributed by atoms with E-state index >= 15 is 0 Å². The molecule has 0 atom stereocenters. The van der Waals surface area contributed by atoms with Gasteiger partial charge in [-0.3, -0.25) is 4.79 Å². The molecule has 1 aromatic rings. The summed E-state index contributed by atoms with van der Waals surface area (Å²) in [6.07, 6.45) is 0. The minimum atomic E-state index is -0.610. The number of nitrogens with one attached hydrogen (secondary N) is 1. The second-order valence-corrected chi connectivity index (χ2v) is 7.40. The fraction of sp³-hybridized carbons (Fsp3) is 0.643.